The van der Waals surface area contributed by atoms with Crippen molar-refractivity contribution >= 4 is 5.91 Å². The smallest absolute Gasteiger partial charge is 0.246 e. The molecule has 0 aromatic carbocycles. The second kappa shape index (κ2) is 7.01. The van der Waals surface area contributed by atoms with Gasteiger partial charge in [-0.15, -0.1) is 0 Å². The van der Waals surface area contributed by atoms with Crippen LogP contribution >= 0.6 is 0 Å². The van der Waals surface area contributed by atoms with E-state index in [1.807, 2.05) is 40.1 Å². The predicted molar refractivity (Wildman–Crippen MR) is 72.2 cm³/mol. The van der Waals surface area contributed by atoms with E-state index >= 15 is 0 Å². The Morgan fingerprint density at radius 3 is 2.56 bits per heavy atom. The molecule has 0 unspecified atom stereocenters. The molecule has 100 valence electrons. The second-order valence-corrected chi connectivity index (χ2v) is 4.58. The zero-order valence-corrected chi connectivity index (χ0v) is 11.6. The van der Waals surface area contributed by atoms with Crippen molar-refractivity contribution in [1.29, 1.82) is 0 Å². The third kappa shape index (κ3) is 4.75. The minimum atomic E-state index is 0.0217. The molecule has 1 amide bonds. The molecule has 0 fully saturated rings. The highest BCUT2D eigenvalue weighted by Crippen LogP contribution is 2.10. The Morgan fingerprint density at radius 2 is 2.06 bits per heavy atom. The van der Waals surface area contributed by atoms with Gasteiger partial charge in [0.2, 0.25) is 5.91 Å². The highest BCUT2D eigenvalue weighted by atomic mass is 16.3. The summed E-state index contributed by atoms with van der Waals surface area (Å²) in [5.41, 5.74) is 0. The molecule has 0 aliphatic rings. The van der Waals surface area contributed by atoms with E-state index in [9.17, 15) is 4.79 Å². The fourth-order valence-corrected chi connectivity index (χ4v) is 1.59. The van der Waals surface area contributed by atoms with Gasteiger partial charge in [-0.2, -0.15) is 0 Å². The van der Waals surface area contributed by atoms with Gasteiger partial charge in [-0.25, -0.2) is 0 Å². The van der Waals surface area contributed by atoms with Crippen molar-refractivity contribution in [2.45, 2.75) is 20.4 Å². The SMILES string of the molecule is CC=CC(=O)N(CCN(C)C)Cc1ccc(C)o1. The maximum absolute atomic E-state index is 11.9. The van der Waals surface area contributed by atoms with Crippen LogP contribution in [0.15, 0.2) is 28.7 Å². The molecule has 4 heteroatoms. The number of nitrogens with zero attached hydrogens (tertiary/aromatic N) is 2. The average molecular weight is 250 g/mol. The van der Waals surface area contributed by atoms with Crippen molar-refractivity contribution in [2.24, 2.45) is 0 Å². The lowest BCUT2D eigenvalue weighted by Gasteiger charge is -2.22. The maximum Gasteiger partial charge on any atom is 0.246 e. The number of rotatable bonds is 6. The maximum atomic E-state index is 11.9. The Bertz CT molecular complexity index is 408. The van der Waals surface area contributed by atoms with Crippen LogP contribution in [0.1, 0.15) is 18.4 Å². The molecule has 0 saturated heterocycles. The quantitative estimate of drug-likeness (QED) is 0.725. The number of amides is 1. The van der Waals surface area contributed by atoms with Gasteiger partial charge in [-0.05, 0) is 46.2 Å². The van der Waals surface area contributed by atoms with Crippen LogP contribution in [-0.4, -0.2) is 42.9 Å². The molecule has 0 aliphatic heterocycles. The predicted octanol–water partition coefficient (Wildman–Crippen LogP) is 2.05. The lowest BCUT2D eigenvalue weighted by Crippen LogP contribution is -2.35. The highest BCUT2D eigenvalue weighted by molar-refractivity contribution is 5.87. The summed E-state index contributed by atoms with van der Waals surface area (Å²) in [5, 5.41) is 0. The van der Waals surface area contributed by atoms with Crippen molar-refractivity contribution in [3.63, 3.8) is 0 Å². The highest BCUT2D eigenvalue weighted by Gasteiger charge is 2.13. The molecule has 1 aromatic rings. The summed E-state index contributed by atoms with van der Waals surface area (Å²) in [6.45, 7) is 5.80. The molecule has 0 spiro atoms. The van der Waals surface area contributed by atoms with E-state index in [2.05, 4.69) is 4.90 Å². The van der Waals surface area contributed by atoms with Gasteiger partial charge in [-0.1, -0.05) is 6.08 Å². The van der Waals surface area contributed by atoms with Crippen molar-refractivity contribution in [3.8, 4) is 0 Å². The molecule has 1 aromatic heterocycles. The van der Waals surface area contributed by atoms with Crippen LogP contribution in [0.25, 0.3) is 0 Å². The molecule has 1 rings (SSSR count). The van der Waals surface area contributed by atoms with Crippen molar-refractivity contribution in [2.75, 3.05) is 27.2 Å². The van der Waals surface area contributed by atoms with Gasteiger partial charge in [0, 0.05) is 13.1 Å². The standard InChI is InChI=1S/C14H22N2O2/c1-5-6-14(17)16(10-9-15(3)4)11-13-8-7-12(2)18-13/h5-8H,9-11H2,1-4H3. The summed E-state index contributed by atoms with van der Waals surface area (Å²) in [6, 6.07) is 3.83. The minimum Gasteiger partial charge on any atom is -0.464 e. The number of allylic oxidation sites excluding steroid dienone is 1. The van der Waals surface area contributed by atoms with Gasteiger partial charge >= 0.3 is 0 Å². The number of hydrogen-bond donors (Lipinski definition) is 0. The molecule has 0 aliphatic carbocycles. The van der Waals surface area contributed by atoms with Crippen LogP contribution in [0.2, 0.25) is 0 Å². The summed E-state index contributed by atoms with van der Waals surface area (Å²) >= 11 is 0. The third-order valence-electron chi connectivity index (χ3n) is 2.58. The fraction of sp³-hybridized carbons (Fsp3) is 0.500. The molecule has 0 N–H and O–H groups in total. The molecular formula is C14H22N2O2. The van der Waals surface area contributed by atoms with Gasteiger partial charge in [0.05, 0.1) is 6.54 Å². The zero-order valence-electron chi connectivity index (χ0n) is 11.6. The Morgan fingerprint density at radius 1 is 1.33 bits per heavy atom. The van der Waals surface area contributed by atoms with E-state index in [1.165, 1.54) is 0 Å². The van der Waals surface area contributed by atoms with E-state index in [0.29, 0.717) is 13.1 Å². The van der Waals surface area contributed by atoms with E-state index in [1.54, 1.807) is 17.1 Å². The first-order chi connectivity index (χ1) is 8.52. The van der Waals surface area contributed by atoms with Crippen molar-refractivity contribution < 1.29 is 9.21 Å². The van der Waals surface area contributed by atoms with E-state index in [-0.39, 0.29) is 5.91 Å². The topological polar surface area (TPSA) is 36.7 Å². The number of carbonyl (C=O) groups is 1. The van der Waals surface area contributed by atoms with Crippen LogP contribution < -0.4 is 0 Å². The van der Waals surface area contributed by atoms with Crippen LogP contribution in [0, 0.1) is 6.92 Å². The Labute approximate surface area is 109 Å². The first-order valence-corrected chi connectivity index (χ1v) is 6.14. The summed E-state index contributed by atoms with van der Waals surface area (Å²) in [7, 11) is 3.99. The summed E-state index contributed by atoms with van der Waals surface area (Å²) in [5.74, 6) is 1.72. The summed E-state index contributed by atoms with van der Waals surface area (Å²) < 4.78 is 5.52. The van der Waals surface area contributed by atoms with Crippen molar-refractivity contribution in [3.05, 3.63) is 35.8 Å². The summed E-state index contributed by atoms with van der Waals surface area (Å²) in [4.78, 5) is 15.8. The van der Waals surface area contributed by atoms with Crippen LogP contribution in [-0.2, 0) is 11.3 Å². The van der Waals surface area contributed by atoms with E-state index < -0.39 is 0 Å². The van der Waals surface area contributed by atoms with Crippen LogP contribution in [0.3, 0.4) is 0 Å². The summed E-state index contributed by atoms with van der Waals surface area (Å²) in [6.07, 6.45) is 3.35. The number of hydrogen-bond acceptors (Lipinski definition) is 3. The molecule has 4 nitrogen and oxygen atoms in total. The second-order valence-electron chi connectivity index (χ2n) is 4.58. The molecule has 0 radical (unpaired) electrons. The number of aryl methyl sites for hydroxylation is 1. The molecular weight excluding hydrogens is 228 g/mol. The van der Waals surface area contributed by atoms with Gasteiger partial charge in [0.1, 0.15) is 11.5 Å². The normalized spacial score (nSPS) is 11.4. The molecule has 0 saturated carbocycles. The zero-order chi connectivity index (χ0) is 13.5. The van der Waals surface area contributed by atoms with E-state index in [0.717, 1.165) is 18.1 Å². The van der Waals surface area contributed by atoms with Gasteiger partial charge in [0.15, 0.2) is 0 Å². The minimum absolute atomic E-state index is 0.0217. The van der Waals surface area contributed by atoms with Gasteiger partial charge in [0.25, 0.3) is 0 Å². The Hall–Kier alpha value is -1.55. The Kier molecular flexibility index (Phi) is 5.65. The molecule has 1 heterocycles. The fourth-order valence-electron chi connectivity index (χ4n) is 1.59. The third-order valence-corrected chi connectivity index (χ3v) is 2.58. The lowest BCUT2D eigenvalue weighted by molar-refractivity contribution is -0.127. The molecule has 0 atom stereocenters. The monoisotopic (exact) mass is 250 g/mol. The molecule has 0 bridgehead atoms. The number of likely N-dealkylation sites (N-methyl/N-ethyl adjacent to an activating group) is 1. The van der Waals surface area contributed by atoms with E-state index in [4.69, 9.17) is 4.42 Å². The first kappa shape index (κ1) is 14.5. The Balaban J connectivity index is 2.67. The number of furan rings is 1. The largest absolute Gasteiger partial charge is 0.464 e. The first-order valence-electron chi connectivity index (χ1n) is 6.14. The molecule has 18 heavy (non-hydrogen) atoms. The lowest BCUT2D eigenvalue weighted by atomic mass is 10.3. The van der Waals surface area contributed by atoms with Crippen LogP contribution in [0.4, 0.5) is 0 Å². The van der Waals surface area contributed by atoms with Gasteiger partial charge < -0.3 is 14.2 Å². The number of carbonyl (C=O) groups excluding carboxylic acids is 1. The van der Waals surface area contributed by atoms with Crippen molar-refractivity contribution in [1.82, 2.24) is 9.80 Å². The average Bonchev–Trinajstić information content (AvgIpc) is 2.70. The van der Waals surface area contributed by atoms with Crippen LogP contribution in [0.5, 0.6) is 0 Å². The van der Waals surface area contributed by atoms with Gasteiger partial charge in [-0.3, -0.25) is 4.79 Å².